The second-order valence-corrected chi connectivity index (χ2v) is 11.4. The fraction of sp³-hybridized carbons (Fsp3) is 0.536. The van der Waals surface area contributed by atoms with Gasteiger partial charge in [0.25, 0.3) is 5.91 Å². The molecular formula is C28H38N4O7. The predicted octanol–water partition coefficient (Wildman–Crippen LogP) is 0.872. The van der Waals surface area contributed by atoms with Crippen LogP contribution in [0.2, 0.25) is 0 Å². The van der Waals surface area contributed by atoms with Crippen molar-refractivity contribution >= 4 is 28.9 Å². The minimum Gasteiger partial charge on any atom is -0.508 e. The minimum absolute atomic E-state index is 0.0559. The molecule has 39 heavy (non-hydrogen) atoms. The van der Waals surface area contributed by atoms with Gasteiger partial charge in [-0.05, 0) is 64.5 Å². The number of likely N-dealkylation sites (N-methyl/N-ethyl adjacent to an activating group) is 1. The summed E-state index contributed by atoms with van der Waals surface area (Å²) in [6.45, 7) is 3.23. The van der Waals surface area contributed by atoms with E-state index in [1.165, 1.54) is 4.90 Å². The van der Waals surface area contributed by atoms with Gasteiger partial charge in [-0.15, -0.1) is 0 Å². The smallest absolute Gasteiger partial charge is 0.255 e. The highest BCUT2D eigenvalue weighted by Gasteiger charge is 2.64. The molecule has 1 fully saturated rings. The molecular weight excluding hydrogens is 504 g/mol. The fourth-order valence-electron chi connectivity index (χ4n) is 6.62. The SMILES string of the molecule is CCCN(C)Cc1cc(N(C)C)c2c(c1O)C(O)=C1C(=O)[C@]3(O)C(O)=C(C(N)=O)C(=O)[C@@H](N(C)C)[C@@H]3C[C@@H]1C2. The topological polar surface area (TPSA) is 168 Å². The van der Waals surface area contributed by atoms with Crippen molar-refractivity contribution in [2.24, 2.45) is 17.6 Å². The van der Waals surface area contributed by atoms with Gasteiger partial charge in [0.05, 0.1) is 11.6 Å². The van der Waals surface area contributed by atoms with Crippen molar-refractivity contribution in [1.29, 1.82) is 0 Å². The number of nitrogens with zero attached hydrogens (tertiary/aromatic N) is 3. The second kappa shape index (κ2) is 9.96. The summed E-state index contributed by atoms with van der Waals surface area (Å²) >= 11 is 0. The van der Waals surface area contributed by atoms with E-state index in [2.05, 4.69) is 0 Å². The van der Waals surface area contributed by atoms with Crippen LogP contribution in [0.25, 0.3) is 5.76 Å². The number of aromatic hydroxyl groups is 1. The summed E-state index contributed by atoms with van der Waals surface area (Å²) in [7, 11) is 8.77. The summed E-state index contributed by atoms with van der Waals surface area (Å²) in [5, 5.41) is 45.6. The molecule has 11 nitrogen and oxygen atoms in total. The lowest BCUT2D eigenvalue weighted by atomic mass is 9.57. The van der Waals surface area contributed by atoms with Gasteiger partial charge < -0.3 is 36.0 Å². The maximum Gasteiger partial charge on any atom is 0.255 e. The van der Waals surface area contributed by atoms with E-state index in [9.17, 15) is 34.8 Å². The molecule has 0 bridgehead atoms. The molecule has 6 N–H and O–H groups in total. The van der Waals surface area contributed by atoms with Crippen molar-refractivity contribution in [2.75, 3.05) is 46.7 Å². The molecule has 4 rings (SSSR count). The first-order chi connectivity index (χ1) is 18.2. The molecule has 4 atom stereocenters. The number of carbonyl (C=O) groups excluding carboxylic acids is 3. The van der Waals surface area contributed by atoms with Crippen LogP contribution in [0.5, 0.6) is 5.75 Å². The zero-order valence-corrected chi connectivity index (χ0v) is 23.3. The first-order valence-electron chi connectivity index (χ1n) is 13.1. The average Bonchev–Trinajstić information content (AvgIpc) is 2.82. The Balaban J connectivity index is 1.96. The molecule has 3 aliphatic rings. The fourth-order valence-corrected chi connectivity index (χ4v) is 6.62. The molecule has 0 aliphatic heterocycles. The maximum atomic E-state index is 14.0. The Labute approximate surface area is 227 Å². The highest BCUT2D eigenvalue weighted by Crippen LogP contribution is 2.54. The third-order valence-corrected chi connectivity index (χ3v) is 8.30. The number of benzene rings is 1. The minimum atomic E-state index is -2.65. The van der Waals surface area contributed by atoms with Crippen molar-refractivity contribution in [3.63, 3.8) is 0 Å². The predicted molar refractivity (Wildman–Crippen MR) is 145 cm³/mol. The summed E-state index contributed by atoms with van der Waals surface area (Å²) in [5.74, 6) is -6.48. The first-order valence-corrected chi connectivity index (χ1v) is 13.1. The average molecular weight is 543 g/mol. The van der Waals surface area contributed by atoms with Crippen molar-refractivity contribution in [3.05, 3.63) is 39.7 Å². The van der Waals surface area contributed by atoms with Gasteiger partial charge in [-0.25, -0.2) is 0 Å². The molecule has 1 saturated carbocycles. The third-order valence-electron chi connectivity index (χ3n) is 8.30. The van der Waals surface area contributed by atoms with E-state index in [0.29, 0.717) is 17.7 Å². The molecule has 1 amide bonds. The van der Waals surface area contributed by atoms with Gasteiger partial charge in [0, 0.05) is 43.4 Å². The Bertz CT molecular complexity index is 1320. The standard InChI is InChI=1S/C28H38N4O7/c1-7-8-32(6)12-14-11-17(30(2)3)15-9-13-10-16-21(31(4)5)24(35)20(27(29)38)26(37)28(16,39)25(36)18(13)23(34)19(15)22(14)33/h11,13,16,21,33-34,37,39H,7-10,12H2,1-6H3,(H2,29,38)/t13-,16-,21-,28-/m0/s1. The largest absolute Gasteiger partial charge is 0.508 e. The van der Waals surface area contributed by atoms with Crippen LogP contribution >= 0.6 is 0 Å². The van der Waals surface area contributed by atoms with Crippen LogP contribution in [0.1, 0.15) is 36.5 Å². The lowest BCUT2D eigenvalue weighted by molar-refractivity contribution is -0.153. The van der Waals surface area contributed by atoms with Crippen LogP contribution < -0.4 is 10.6 Å². The summed E-state index contributed by atoms with van der Waals surface area (Å²) in [6, 6.07) is 0.765. The van der Waals surface area contributed by atoms with Crippen molar-refractivity contribution in [2.45, 2.75) is 44.4 Å². The van der Waals surface area contributed by atoms with E-state index in [1.807, 2.05) is 43.9 Å². The monoisotopic (exact) mass is 542 g/mol. The molecule has 0 heterocycles. The van der Waals surface area contributed by atoms with Gasteiger partial charge in [0.1, 0.15) is 22.8 Å². The first kappa shape index (κ1) is 28.6. The van der Waals surface area contributed by atoms with E-state index < -0.39 is 58.0 Å². The number of phenolic OH excluding ortho intramolecular Hbond substituents is 1. The third kappa shape index (κ3) is 4.19. The highest BCUT2D eigenvalue weighted by molar-refractivity contribution is 6.24. The summed E-state index contributed by atoms with van der Waals surface area (Å²) in [6.07, 6.45) is 1.22. The molecule has 1 aromatic carbocycles. The second-order valence-electron chi connectivity index (χ2n) is 11.4. The summed E-state index contributed by atoms with van der Waals surface area (Å²) < 4.78 is 0. The van der Waals surface area contributed by atoms with Gasteiger partial charge in [-0.1, -0.05) is 6.92 Å². The van der Waals surface area contributed by atoms with Crippen molar-refractivity contribution < 1.29 is 34.8 Å². The van der Waals surface area contributed by atoms with Crippen molar-refractivity contribution in [3.8, 4) is 5.75 Å². The number of amides is 1. The quantitative estimate of drug-likeness (QED) is 0.312. The number of Topliss-reactive ketones (excluding diaryl/α,β-unsaturated/α-hetero) is 2. The molecule has 212 valence electrons. The zero-order chi connectivity index (χ0) is 29.1. The Morgan fingerprint density at radius 2 is 1.77 bits per heavy atom. The number of anilines is 1. The zero-order valence-electron chi connectivity index (χ0n) is 23.3. The molecule has 3 aliphatic carbocycles. The van der Waals surface area contributed by atoms with Crippen LogP contribution in [0.4, 0.5) is 5.69 Å². The van der Waals surface area contributed by atoms with Gasteiger partial charge in [-0.2, -0.15) is 0 Å². The number of nitrogens with two attached hydrogens (primary N) is 1. The van der Waals surface area contributed by atoms with Crippen LogP contribution in [0.15, 0.2) is 23.0 Å². The van der Waals surface area contributed by atoms with Crippen LogP contribution in [0.3, 0.4) is 0 Å². The van der Waals surface area contributed by atoms with E-state index in [0.717, 1.165) is 18.7 Å². The Morgan fingerprint density at radius 3 is 2.31 bits per heavy atom. The van der Waals surface area contributed by atoms with Gasteiger partial charge in [0.15, 0.2) is 11.4 Å². The van der Waals surface area contributed by atoms with E-state index >= 15 is 0 Å². The number of rotatable bonds is 7. The summed E-state index contributed by atoms with van der Waals surface area (Å²) in [5.41, 5.74) is 3.84. The van der Waals surface area contributed by atoms with Crippen LogP contribution in [0, 0.1) is 11.8 Å². The number of carbonyl (C=O) groups is 3. The van der Waals surface area contributed by atoms with Crippen LogP contribution in [-0.4, -0.2) is 101 Å². The van der Waals surface area contributed by atoms with Crippen molar-refractivity contribution in [1.82, 2.24) is 9.80 Å². The van der Waals surface area contributed by atoms with Gasteiger partial charge >= 0.3 is 0 Å². The number of phenols is 1. The molecule has 0 radical (unpaired) electrons. The Kier molecular flexibility index (Phi) is 7.30. The molecule has 11 heteroatoms. The van der Waals surface area contributed by atoms with Crippen LogP contribution in [-0.2, 0) is 27.3 Å². The molecule has 0 aromatic heterocycles. The normalized spacial score (nSPS) is 26.6. The van der Waals surface area contributed by atoms with Gasteiger partial charge in [0.2, 0.25) is 5.78 Å². The lowest BCUT2D eigenvalue weighted by Crippen LogP contribution is -2.65. The number of hydrogen-bond donors (Lipinski definition) is 5. The summed E-state index contributed by atoms with van der Waals surface area (Å²) in [4.78, 5) is 44.8. The number of hydrogen-bond acceptors (Lipinski definition) is 10. The number of ketones is 2. The highest BCUT2D eigenvalue weighted by atomic mass is 16.3. The molecule has 0 saturated heterocycles. The molecule has 0 unspecified atom stereocenters. The number of fused-ring (bicyclic) bond motifs is 3. The van der Waals surface area contributed by atoms with E-state index in [4.69, 9.17) is 5.73 Å². The lowest BCUT2D eigenvalue weighted by Gasteiger charge is -2.50. The maximum absolute atomic E-state index is 14.0. The van der Waals surface area contributed by atoms with E-state index in [1.54, 1.807) is 14.1 Å². The Morgan fingerprint density at radius 1 is 1.13 bits per heavy atom. The van der Waals surface area contributed by atoms with Gasteiger partial charge in [-0.3, -0.25) is 19.3 Å². The number of primary amides is 1. The molecule has 0 spiro atoms. The Hall–Kier alpha value is -3.41. The van der Waals surface area contributed by atoms with E-state index in [-0.39, 0.29) is 29.7 Å². The molecule has 1 aromatic rings. The number of aliphatic hydroxyl groups is 3. The number of aliphatic hydroxyl groups excluding tert-OH is 2.